The highest BCUT2D eigenvalue weighted by Crippen LogP contribution is 2.42. The van der Waals surface area contributed by atoms with Crippen molar-refractivity contribution in [3.8, 4) is 0 Å². The molecule has 0 saturated carbocycles. The normalized spacial score (nSPS) is 43.5. The Kier molecular flexibility index (Phi) is 19.6. The number of aliphatic hydroxyl groups is 4. The first-order valence-corrected chi connectivity index (χ1v) is 24.8. The van der Waals surface area contributed by atoms with E-state index in [0.717, 1.165) is 13.0 Å². The van der Waals surface area contributed by atoms with E-state index in [1.54, 1.807) is 41.7 Å². The predicted molar refractivity (Wildman–Crippen MR) is 255 cm³/mol. The van der Waals surface area contributed by atoms with Gasteiger partial charge in [0.25, 0.3) is 0 Å². The van der Waals surface area contributed by atoms with E-state index >= 15 is 0 Å². The molecule has 1 aromatic rings. The molecule has 4 aliphatic rings. The summed E-state index contributed by atoms with van der Waals surface area (Å²) in [5, 5.41) is 52.4. The topological polar surface area (TPSA) is 208 Å². The summed E-state index contributed by atoms with van der Waals surface area (Å²) in [7, 11) is 6.89. The maximum absolute atomic E-state index is 14.6. The first-order chi connectivity index (χ1) is 31.9. The summed E-state index contributed by atoms with van der Waals surface area (Å²) in [5.74, 6) is -3.77. The van der Waals surface area contributed by atoms with Crippen LogP contribution in [0.5, 0.6) is 0 Å². The van der Waals surface area contributed by atoms with E-state index in [1.165, 1.54) is 14.0 Å². The molecular weight excluding hydrogens is 879 g/mol. The summed E-state index contributed by atoms with van der Waals surface area (Å²) in [5.41, 5.74) is -3.18. The predicted octanol–water partition coefficient (Wildman–Crippen LogP) is 4.59. The van der Waals surface area contributed by atoms with Crippen molar-refractivity contribution in [2.24, 2.45) is 28.8 Å². The Morgan fingerprint density at radius 1 is 0.912 bits per heavy atom. The van der Waals surface area contributed by atoms with E-state index < -0.39 is 102 Å². The molecule has 4 heterocycles. The number of ether oxygens (including phenoxy) is 7. The van der Waals surface area contributed by atoms with Crippen LogP contribution in [0.25, 0.3) is 0 Å². The number of hydrogen-bond donors (Lipinski definition) is 4. The Bertz CT molecular complexity index is 1810. The van der Waals surface area contributed by atoms with Gasteiger partial charge in [-0.2, -0.15) is 0 Å². The highest BCUT2D eigenvalue weighted by atomic mass is 16.7. The van der Waals surface area contributed by atoms with Gasteiger partial charge in [0.15, 0.2) is 18.4 Å². The second kappa shape index (κ2) is 23.7. The van der Waals surface area contributed by atoms with E-state index in [-0.39, 0.29) is 49.8 Å². The molecule has 0 radical (unpaired) electrons. The summed E-state index contributed by atoms with van der Waals surface area (Å²) < 4.78 is 45.2. The van der Waals surface area contributed by atoms with Crippen molar-refractivity contribution in [2.75, 3.05) is 47.9 Å². The number of carbonyl (C=O) groups is 2. The molecule has 0 spiro atoms. The van der Waals surface area contributed by atoms with Gasteiger partial charge in [-0.25, -0.2) is 0 Å². The molecule has 68 heavy (non-hydrogen) atoms. The zero-order valence-electron chi connectivity index (χ0n) is 43.2. The molecule has 5 unspecified atom stereocenters. The Morgan fingerprint density at radius 3 is 2.19 bits per heavy atom. The number of benzene rings is 1. The molecule has 4 N–H and O–H groups in total. The Balaban J connectivity index is 1.59. The van der Waals surface area contributed by atoms with Crippen LogP contribution in [0.3, 0.4) is 0 Å². The molecule has 0 aliphatic carbocycles. The number of piperidine rings is 1. The van der Waals surface area contributed by atoms with Crippen LogP contribution in [0, 0.1) is 23.7 Å². The van der Waals surface area contributed by atoms with E-state index in [2.05, 4.69) is 4.90 Å². The number of oxime groups is 1. The average Bonchev–Trinajstić information content (AvgIpc) is 3.30. The van der Waals surface area contributed by atoms with Crippen molar-refractivity contribution < 1.29 is 68.0 Å². The Morgan fingerprint density at radius 2 is 1.57 bits per heavy atom. The fourth-order valence-corrected chi connectivity index (χ4v) is 11.1. The van der Waals surface area contributed by atoms with E-state index in [9.17, 15) is 30.0 Å². The fraction of sp³-hybridized carbons (Fsp3) is 0.824. The minimum atomic E-state index is -1.96. The van der Waals surface area contributed by atoms with Crippen LogP contribution in [0.4, 0.5) is 0 Å². The average molecular weight is 964 g/mol. The van der Waals surface area contributed by atoms with Crippen molar-refractivity contribution >= 4 is 17.5 Å². The summed E-state index contributed by atoms with van der Waals surface area (Å²) >= 11 is 0. The van der Waals surface area contributed by atoms with Crippen LogP contribution in [0.2, 0.25) is 0 Å². The number of ketones is 1. The molecule has 5 rings (SSSR count). The zero-order valence-corrected chi connectivity index (χ0v) is 43.2. The van der Waals surface area contributed by atoms with Crippen LogP contribution in [0.1, 0.15) is 118 Å². The smallest absolute Gasteiger partial charge is 0.311 e. The third-order valence-corrected chi connectivity index (χ3v) is 15.5. The second-order valence-electron chi connectivity index (χ2n) is 21.1. The quantitative estimate of drug-likeness (QED) is 0.121. The van der Waals surface area contributed by atoms with E-state index in [4.69, 9.17) is 43.2 Å². The number of aliphatic hydroxyl groups excluding tert-OH is 3. The van der Waals surface area contributed by atoms with Gasteiger partial charge < -0.3 is 63.3 Å². The minimum Gasteiger partial charge on any atom is -0.459 e. The van der Waals surface area contributed by atoms with E-state index in [1.807, 2.05) is 77.0 Å². The lowest BCUT2D eigenvalue weighted by atomic mass is 9.73. The van der Waals surface area contributed by atoms with Gasteiger partial charge in [0, 0.05) is 56.5 Å². The molecule has 4 aliphatic heterocycles. The highest BCUT2D eigenvalue weighted by molar-refractivity contribution is 5.97. The summed E-state index contributed by atoms with van der Waals surface area (Å²) in [6, 6.07) is 8.89. The monoisotopic (exact) mass is 964 g/mol. The molecule has 0 aromatic heterocycles. The molecular formula is C51H85N3O14. The second-order valence-corrected chi connectivity index (χ2v) is 21.1. The molecule has 17 heteroatoms. The van der Waals surface area contributed by atoms with Crippen LogP contribution < -0.4 is 0 Å². The molecule has 4 fully saturated rings. The number of likely N-dealkylation sites (N-methyl/N-ethyl adjacent to an activating group) is 1. The van der Waals surface area contributed by atoms with Crippen molar-refractivity contribution in [2.45, 2.75) is 198 Å². The Labute approximate surface area is 405 Å². The van der Waals surface area contributed by atoms with Gasteiger partial charge >= 0.3 is 5.97 Å². The third kappa shape index (κ3) is 12.9. The minimum absolute atomic E-state index is 0.0141. The molecule has 19 atom stereocenters. The van der Waals surface area contributed by atoms with E-state index in [0.29, 0.717) is 30.7 Å². The maximum Gasteiger partial charge on any atom is 0.311 e. The SMILES string of the molecule is CC[C@H]1OC(=O)[C@H](C)[C@@H](OC2CC(C)(OC)C(O)C(C)O2)[C@H](C)[C@@H](O[C@@H]2O[C@H](C)C[C@H](N(C)C)[C@H]2O)[C@](C)(OC)C[C@@H](C)/C(=N\OC2CCCN(CC(=O)c3ccccc3)C2)[C@H](C)[C@@H](O)[C@]1(C)O. The fourth-order valence-electron chi connectivity index (χ4n) is 11.1. The van der Waals surface area contributed by atoms with Crippen molar-refractivity contribution in [3.63, 3.8) is 0 Å². The number of methoxy groups -OCH3 is 2. The number of hydrogen-bond acceptors (Lipinski definition) is 17. The van der Waals surface area contributed by atoms with Crippen LogP contribution in [-0.2, 0) is 42.8 Å². The van der Waals surface area contributed by atoms with Crippen molar-refractivity contribution in [1.29, 1.82) is 0 Å². The molecule has 17 nitrogen and oxygen atoms in total. The molecule has 1 aromatic carbocycles. The van der Waals surface area contributed by atoms with Gasteiger partial charge in [-0.3, -0.25) is 14.5 Å². The number of carbonyl (C=O) groups excluding carboxylic acids is 2. The molecule has 388 valence electrons. The lowest BCUT2D eigenvalue weighted by Gasteiger charge is -2.50. The number of rotatable bonds is 13. The maximum atomic E-state index is 14.6. The summed E-state index contributed by atoms with van der Waals surface area (Å²) in [6.45, 7) is 19.3. The molecule has 4 saturated heterocycles. The van der Waals surface area contributed by atoms with Crippen molar-refractivity contribution in [3.05, 3.63) is 35.9 Å². The van der Waals surface area contributed by atoms with Gasteiger partial charge in [-0.05, 0) is 94.3 Å². The van der Waals surface area contributed by atoms with Gasteiger partial charge in [0.05, 0.1) is 59.9 Å². The number of Topliss-reactive ketones (excluding diaryl/α,β-unsaturated/α-hetero) is 1. The number of cyclic esters (lactones) is 1. The third-order valence-electron chi connectivity index (χ3n) is 15.5. The summed E-state index contributed by atoms with van der Waals surface area (Å²) in [4.78, 5) is 38.2. The first-order valence-electron chi connectivity index (χ1n) is 24.8. The van der Waals surface area contributed by atoms with Crippen LogP contribution >= 0.6 is 0 Å². The van der Waals surface area contributed by atoms with Gasteiger partial charge in [0.2, 0.25) is 0 Å². The molecule has 0 bridgehead atoms. The lowest BCUT2D eigenvalue weighted by molar-refractivity contribution is -0.319. The standard InChI is InChI=1S/C51H85N3O14/c1-15-39-51(10,60)44(57)31(4)41(52-68-36-22-19-23-54(27-36)28-38(55)35-20-17-16-18-21-35)29(2)25-50(9,62-14)46(67-48-42(56)37(53(11)12)24-30(3)63-48)32(5)43(33(6)47(59)65-39)66-40-26-49(8,61-13)45(58)34(7)64-40/h16-18,20-21,29-34,36-37,39-40,42-46,48,56-58,60H,15,19,22-28H2,1-14H3/b52-41+/t29-,30-,31+,32+,33-,34?,36?,37+,39-,40?,42-,43+,44-,45?,46-,48+,49?,50-,51-/m1/s1. The largest absolute Gasteiger partial charge is 0.459 e. The van der Waals surface area contributed by atoms with Crippen molar-refractivity contribution in [1.82, 2.24) is 9.80 Å². The van der Waals surface area contributed by atoms with Crippen LogP contribution in [-0.4, -0.2) is 186 Å². The summed E-state index contributed by atoms with van der Waals surface area (Å²) in [6.07, 6.45) is -7.59. The van der Waals surface area contributed by atoms with Crippen LogP contribution in [0.15, 0.2) is 35.5 Å². The lowest BCUT2D eigenvalue weighted by Crippen LogP contribution is -2.61. The molecule has 0 amide bonds. The highest BCUT2D eigenvalue weighted by Gasteiger charge is 2.54. The number of esters is 1. The Hall–Kier alpha value is -2.65. The van der Waals surface area contributed by atoms with Gasteiger partial charge in [-0.15, -0.1) is 0 Å². The van der Waals surface area contributed by atoms with Gasteiger partial charge in [0.1, 0.15) is 30.0 Å². The number of nitrogens with zero attached hydrogens (tertiary/aromatic N) is 3. The number of likely N-dealkylation sites (tertiary alicyclic amines) is 1. The van der Waals surface area contributed by atoms with Gasteiger partial charge in [-0.1, -0.05) is 63.2 Å². The first kappa shape index (κ1) is 56.3. The zero-order chi connectivity index (χ0) is 50.5.